The number of ether oxygens (including phenoxy) is 1. The van der Waals surface area contributed by atoms with Crippen molar-refractivity contribution in [2.24, 2.45) is 0 Å². The summed E-state index contributed by atoms with van der Waals surface area (Å²) < 4.78 is 11.4. The molecule has 0 bridgehead atoms. The molecule has 1 aromatic heterocycles. The maximum atomic E-state index is 13.2. The number of benzene rings is 1. The summed E-state index contributed by atoms with van der Waals surface area (Å²) >= 11 is 0. The molecule has 2 fully saturated rings. The van der Waals surface area contributed by atoms with E-state index in [4.69, 9.17) is 9.26 Å². The molecule has 0 aliphatic carbocycles. The van der Waals surface area contributed by atoms with Gasteiger partial charge in [-0.2, -0.15) is 0 Å². The van der Waals surface area contributed by atoms with Gasteiger partial charge in [-0.1, -0.05) is 35.5 Å². The standard InChI is InChI=1S/C22H29N3O4/c1-16-13-19(29-23-16)14-21(27)25-11-12-28-20(15-24-9-7-18(26)8-10-24)22(25)17-5-3-2-4-6-17/h2-6,13,18,20,22,26H,7-12,14-15H2,1H3/t20-,22-/m0/s1. The number of morpholine rings is 1. The van der Waals surface area contributed by atoms with Gasteiger partial charge in [0, 0.05) is 32.2 Å². The number of rotatable bonds is 5. The SMILES string of the molecule is Cc1cc(CC(=O)N2CCO[C@@H](CN3CCC(O)CC3)[C@@H]2c2ccccc2)on1. The summed E-state index contributed by atoms with van der Waals surface area (Å²) in [5.41, 5.74) is 1.86. The van der Waals surface area contributed by atoms with E-state index < -0.39 is 0 Å². The topological polar surface area (TPSA) is 79.0 Å². The van der Waals surface area contributed by atoms with Crippen LogP contribution in [0.2, 0.25) is 0 Å². The molecule has 29 heavy (non-hydrogen) atoms. The molecule has 1 aromatic carbocycles. The first-order valence-electron chi connectivity index (χ1n) is 10.4. The van der Waals surface area contributed by atoms with Gasteiger partial charge >= 0.3 is 0 Å². The van der Waals surface area contributed by atoms with Gasteiger partial charge in [-0.15, -0.1) is 0 Å². The molecule has 0 saturated carbocycles. The van der Waals surface area contributed by atoms with Crippen molar-refractivity contribution in [1.82, 2.24) is 15.0 Å². The lowest BCUT2D eigenvalue weighted by Crippen LogP contribution is -2.53. The van der Waals surface area contributed by atoms with Crippen molar-refractivity contribution < 1.29 is 19.2 Å². The number of amides is 1. The molecule has 0 radical (unpaired) electrons. The molecule has 7 nitrogen and oxygen atoms in total. The molecular formula is C22H29N3O4. The highest BCUT2D eigenvalue weighted by atomic mass is 16.5. The third kappa shape index (κ3) is 4.86. The predicted octanol–water partition coefficient (Wildman–Crippen LogP) is 1.95. The van der Waals surface area contributed by atoms with E-state index in [-0.39, 0.29) is 30.6 Å². The van der Waals surface area contributed by atoms with Gasteiger partial charge in [0.2, 0.25) is 5.91 Å². The summed E-state index contributed by atoms with van der Waals surface area (Å²) in [7, 11) is 0. The van der Waals surface area contributed by atoms with Crippen molar-refractivity contribution in [3.8, 4) is 0 Å². The zero-order chi connectivity index (χ0) is 20.2. The fourth-order valence-electron chi connectivity index (χ4n) is 4.32. The molecule has 2 atom stereocenters. The maximum Gasteiger partial charge on any atom is 0.230 e. The number of carbonyl (C=O) groups is 1. The monoisotopic (exact) mass is 399 g/mol. The highest BCUT2D eigenvalue weighted by molar-refractivity contribution is 5.79. The van der Waals surface area contributed by atoms with Crippen LogP contribution in [-0.4, -0.2) is 71.0 Å². The molecule has 1 N–H and O–H groups in total. The predicted molar refractivity (Wildman–Crippen MR) is 107 cm³/mol. The third-order valence-electron chi connectivity index (χ3n) is 5.81. The van der Waals surface area contributed by atoms with Crippen LogP contribution >= 0.6 is 0 Å². The normalized spacial score (nSPS) is 24.0. The van der Waals surface area contributed by atoms with E-state index in [9.17, 15) is 9.90 Å². The van der Waals surface area contributed by atoms with E-state index in [0.29, 0.717) is 18.9 Å². The highest BCUT2D eigenvalue weighted by Gasteiger charge is 2.37. The van der Waals surface area contributed by atoms with Gasteiger partial charge in [-0.3, -0.25) is 4.79 Å². The average molecular weight is 399 g/mol. The van der Waals surface area contributed by atoms with E-state index in [1.54, 1.807) is 0 Å². The molecule has 2 aliphatic heterocycles. The number of carbonyl (C=O) groups excluding carboxylic acids is 1. The Morgan fingerprint density at radius 3 is 2.66 bits per heavy atom. The van der Waals surface area contributed by atoms with Crippen molar-refractivity contribution >= 4 is 5.91 Å². The van der Waals surface area contributed by atoms with Crippen molar-refractivity contribution in [1.29, 1.82) is 0 Å². The van der Waals surface area contributed by atoms with Crippen LogP contribution in [-0.2, 0) is 16.0 Å². The Morgan fingerprint density at radius 1 is 1.21 bits per heavy atom. The number of likely N-dealkylation sites (tertiary alicyclic amines) is 1. The van der Waals surface area contributed by atoms with Gasteiger partial charge in [-0.05, 0) is 25.3 Å². The van der Waals surface area contributed by atoms with Crippen molar-refractivity contribution in [3.05, 3.63) is 53.4 Å². The lowest BCUT2D eigenvalue weighted by Gasteiger charge is -2.44. The zero-order valence-corrected chi connectivity index (χ0v) is 16.9. The Bertz CT molecular complexity index is 801. The number of hydrogen-bond donors (Lipinski definition) is 1. The van der Waals surface area contributed by atoms with Gasteiger partial charge in [0.15, 0.2) is 0 Å². The van der Waals surface area contributed by atoms with Crippen LogP contribution in [0.5, 0.6) is 0 Å². The van der Waals surface area contributed by atoms with E-state index in [0.717, 1.165) is 43.7 Å². The van der Waals surface area contributed by atoms with E-state index >= 15 is 0 Å². The number of hydrogen-bond acceptors (Lipinski definition) is 6. The number of aliphatic hydroxyl groups is 1. The second kappa shape index (κ2) is 9.07. The van der Waals surface area contributed by atoms with Crippen LogP contribution in [0, 0.1) is 6.92 Å². The number of nitrogens with zero attached hydrogens (tertiary/aromatic N) is 3. The molecule has 156 valence electrons. The zero-order valence-electron chi connectivity index (χ0n) is 16.9. The van der Waals surface area contributed by atoms with Crippen LogP contribution in [0.3, 0.4) is 0 Å². The molecule has 3 heterocycles. The molecular weight excluding hydrogens is 370 g/mol. The van der Waals surface area contributed by atoms with Crippen molar-refractivity contribution in [3.63, 3.8) is 0 Å². The quantitative estimate of drug-likeness (QED) is 0.828. The highest BCUT2D eigenvalue weighted by Crippen LogP contribution is 2.31. The summed E-state index contributed by atoms with van der Waals surface area (Å²) in [5.74, 6) is 0.616. The summed E-state index contributed by atoms with van der Waals surface area (Å²) in [5, 5.41) is 13.7. The lowest BCUT2D eigenvalue weighted by molar-refractivity contribution is -0.148. The Morgan fingerprint density at radius 2 is 1.97 bits per heavy atom. The first kappa shape index (κ1) is 20.1. The van der Waals surface area contributed by atoms with E-state index in [1.165, 1.54) is 0 Å². The van der Waals surface area contributed by atoms with Crippen LogP contribution in [0.4, 0.5) is 0 Å². The van der Waals surface area contributed by atoms with Crippen LogP contribution in [0.1, 0.15) is 35.9 Å². The second-order valence-electron chi connectivity index (χ2n) is 8.00. The number of aliphatic hydroxyl groups excluding tert-OH is 1. The molecule has 0 unspecified atom stereocenters. The molecule has 7 heteroatoms. The first-order valence-corrected chi connectivity index (χ1v) is 10.4. The molecule has 2 aliphatic rings. The lowest BCUT2D eigenvalue weighted by atomic mass is 9.96. The Balaban J connectivity index is 1.53. The van der Waals surface area contributed by atoms with Gasteiger partial charge in [0.1, 0.15) is 5.76 Å². The smallest absolute Gasteiger partial charge is 0.230 e. The second-order valence-corrected chi connectivity index (χ2v) is 8.00. The molecule has 4 rings (SSSR count). The van der Waals surface area contributed by atoms with Gasteiger partial charge < -0.3 is 24.2 Å². The summed E-state index contributed by atoms with van der Waals surface area (Å²) in [4.78, 5) is 17.4. The number of aryl methyl sites for hydroxylation is 1. The number of piperidine rings is 1. The maximum absolute atomic E-state index is 13.2. The van der Waals surface area contributed by atoms with Gasteiger partial charge in [0.05, 0.1) is 37.0 Å². The van der Waals surface area contributed by atoms with Crippen LogP contribution in [0.25, 0.3) is 0 Å². The average Bonchev–Trinajstić information content (AvgIpc) is 3.14. The molecule has 0 spiro atoms. The largest absolute Gasteiger partial charge is 0.393 e. The molecule has 2 saturated heterocycles. The van der Waals surface area contributed by atoms with Gasteiger partial charge in [-0.25, -0.2) is 0 Å². The minimum absolute atomic E-state index is 0.0253. The molecule has 2 aromatic rings. The molecule has 1 amide bonds. The van der Waals surface area contributed by atoms with Gasteiger partial charge in [0.25, 0.3) is 0 Å². The Labute approximate surface area is 171 Å². The summed E-state index contributed by atoms with van der Waals surface area (Å²) in [6, 6.07) is 11.8. The van der Waals surface area contributed by atoms with Crippen molar-refractivity contribution in [2.75, 3.05) is 32.8 Å². The Kier molecular flexibility index (Phi) is 6.28. The summed E-state index contributed by atoms with van der Waals surface area (Å²) in [6.45, 7) is 5.38. The summed E-state index contributed by atoms with van der Waals surface area (Å²) in [6.07, 6.45) is 1.47. The Hall–Kier alpha value is -2.22. The fourth-order valence-corrected chi connectivity index (χ4v) is 4.32. The van der Waals surface area contributed by atoms with Crippen LogP contribution < -0.4 is 0 Å². The van der Waals surface area contributed by atoms with E-state index in [2.05, 4.69) is 22.2 Å². The van der Waals surface area contributed by atoms with Crippen molar-refractivity contribution in [2.45, 2.75) is 44.4 Å². The van der Waals surface area contributed by atoms with E-state index in [1.807, 2.05) is 36.1 Å². The minimum atomic E-state index is -0.202. The third-order valence-corrected chi connectivity index (χ3v) is 5.81. The van der Waals surface area contributed by atoms with Crippen LogP contribution in [0.15, 0.2) is 40.9 Å². The number of aromatic nitrogens is 1. The minimum Gasteiger partial charge on any atom is -0.393 e. The fraction of sp³-hybridized carbons (Fsp3) is 0.545. The first-order chi connectivity index (χ1) is 14.1.